The van der Waals surface area contributed by atoms with Gasteiger partial charge in [-0.25, -0.2) is 17.6 Å². The van der Waals surface area contributed by atoms with Crippen molar-refractivity contribution in [3.8, 4) is 11.5 Å². The van der Waals surface area contributed by atoms with Crippen LogP contribution < -0.4 is 19.5 Å². The van der Waals surface area contributed by atoms with Crippen molar-refractivity contribution in [2.75, 3.05) is 24.3 Å². The maximum atomic E-state index is 14.0. The molecule has 13 heteroatoms. The summed E-state index contributed by atoms with van der Waals surface area (Å²) >= 11 is 12.0. The second kappa shape index (κ2) is 11.7. The van der Waals surface area contributed by atoms with E-state index in [1.54, 1.807) is 6.07 Å². The third kappa shape index (κ3) is 6.43. The Labute approximate surface area is 222 Å². The van der Waals surface area contributed by atoms with Gasteiger partial charge < -0.3 is 19.5 Å². The molecule has 0 aliphatic rings. The fourth-order valence-corrected chi connectivity index (χ4v) is 4.56. The van der Waals surface area contributed by atoms with E-state index in [1.807, 2.05) is 0 Å². The third-order valence-electron chi connectivity index (χ3n) is 4.96. The van der Waals surface area contributed by atoms with Crippen molar-refractivity contribution in [3.63, 3.8) is 0 Å². The lowest BCUT2D eigenvalue weighted by Crippen LogP contribution is -2.30. The average Bonchev–Trinajstić information content (AvgIpc) is 2.86. The first-order chi connectivity index (χ1) is 17.5. The number of anilines is 2. The van der Waals surface area contributed by atoms with Crippen LogP contribution in [0.25, 0.3) is 0 Å². The number of amides is 1. The van der Waals surface area contributed by atoms with E-state index in [9.17, 15) is 22.4 Å². The lowest BCUT2D eigenvalue weighted by atomic mass is 10.2. The molecule has 1 unspecified atom stereocenters. The number of sulfonamides is 1. The highest BCUT2D eigenvalue weighted by Gasteiger charge is 2.28. The van der Waals surface area contributed by atoms with Crippen LogP contribution >= 0.6 is 23.2 Å². The van der Waals surface area contributed by atoms with Crippen LogP contribution in [0.1, 0.15) is 17.3 Å². The number of hydrogen-bond donors (Lipinski definition) is 2. The highest BCUT2D eigenvalue weighted by molar-refractivity contribution is 7.92. The molecule has 0 aromatic heterocycles. The standard InChI is InChI=1S/C24H21Cl2FN2O7S/c1-13(23(30)28-19-10-6-7-16(25)21(19)26)36-24(31)15-11-14(12-20(34-2)22(15)35-3)37(32,33)29-18-9-5-4-8-17(18)27/h4-13,29H,1-3H3,(H,28,30). The number of esters is 1. The lowest BCUT2D eigenvalue weighted by molar-refractivity contribution is -0.123. The van der Waals surface area contributed by atoms with Crippen LogP contribution in [0.3, 0.4) is 0 Å². The van der Waals surface area contributed by atoms with Crippen molar-refractivity contribution in [1.82, 2.24) is 0 Å². The molecule has 2 N–H and O–H groups in total. The average molecular weight is 571 g/mol. The largest absolute Gasteiger partial charge is 0.493 e. The quantitative estimate of drug-likeness (QED) is 0.342. The second-order valence-electron chi connectivity index (χ2n) is 7.43. The molecule has 3 rings (SSSR count). The maximum Gasteiger partial charge on any atom is 0.342 e. The van der Waals surface area contributed by atoms with Gasteiger partial charge in [-0.2, -0.15) is 0 Å². The van der Waals surface area contributed by atoms with Gasteiger partial charge >= 0.3 is 5.97 Å². The molecule has 0 radical (unpaired) electrons. The van der Waals surface area contributed by atoms with Crippen molar-refractivity contribution in [1.29, 1.82) is 0 Å². The van der Waals surface area contributed by atoms with Gasteiger partial charge in [-0.3, -0.25) is 9.52 Å². The number of carbonyl (C=O) groups is 2. The van der Waals surface area contributed by atoms with Gasteiger partial charge in [0, 0.05) is 6.07 Å². The number of methoxy groups -OCH3 is 2. The van der Waals surface area contributed by atoms with Gasteiger partial charge in [-0.05, 0) is 37.3 Å². The molecule has 1 atom stereocenters. The zero-order valence-corrected chi connectivity index (χ0v) is 22.0. The van der Waals surface area contributed by atoms with Gasteiger partial charge in [0.1, 0.15) is 11.4 Å². The molecule has 3 aromatic carbocycles. The molecule has 0 fully saturated rings. The van der Waals surface area contributed by atoms with Crippen LogP contribution in [0.2, 0.25) is 10.0 Å². The molecule has 0 bridgehead atoms. The normalized spacial score (nSPS) is 11.8. The van der Waals surface area contributed by atoms with Crippen molar-refractivity contribution < 1.29 is 36.6 Å². The summed E-state index contributed by atoms with van der Waals surface area (Å²) in [5.41, 5.74) is -0.448. The molecular formula is C24H21Cl2FN2O7S. The van der Waals surface area contributed by atoms with E-state index in [2.05, 4.69) is 10.0 Å². The van der Waals surface area contributed by atoms with Crippen LogP contribution in [0.4, 0.5) is 15.8 Å². The van der Waals surface area contributed by atoms with Gasteiger partial charge in [0.25, 0.3) is 15.9 Å². The van der Waals surface area contributed by atoms with E-state index >= 15 is 0 Å². The number of hydrogen-bond acceptors (Lipinski definition) is 7. The number of ether oxygens (including phenoxy) is 3. The van der Waals surface area contributed by atoms with Crippen LogP contribution in [-0.4, -0.2) is 40.6 Å². The molecule has 37 heavy (non-hydrogen) atoms. The third-order valence-corrected chi connectivity index (χ3v) is 7.13. The summed E-state index contributed by atoms with van der Waals surface area (Å²) in [4.78, 5) is 25.2. The summed E-state index contributed by atoms with van der Waals surface area (Å²) in [5, 5.41) is 2.81. The number of rotatable bonds is 9. The topological polar surface area (TPSA) is 120 Å². The van der Waals surface area contributed by atoms with Gasteiger partial charge in [0.2, 0.25) is 0 Å². The molecule has 0 aliphatic heterocycles. The number of nitrogens with one attached hydrogen (secondary N) is 2. The van der Waals surface area contributed by atoms with Gasteiger partial charge in [-0.1, -0.05) is 41.4 Å². The van der Waals surface area contributed by atoms with E-state index < -0.39 is 38.7 Å². The Bertz CT molecular complexity index is 1450. The van der Waals surface area contributed by atoms with E-state index in [4.69, 9.17) is 37.4 Å². The Morgan fingerprint density at radius 2 is 1.65 bits per heavy atom. The Balaban J connectivity index is 1.90. The predicted molar refractivity (Wildman–Crippen MR) is 137 cm³/mol. The van der Waals surface area contributed by atoms with Crippen molar-refractivity contribution in [3.05, 3.63) is 76.0 Å². The SMILES string of the molecule is COc1cc(S(=O)(=O)Nc2ccccc2F)cc(C(=O)OC(C)C(=O)Nc2cccc(Cl)c2Cl)c1OC. The number of halogens is 3. The predicted octanol–water partition coefficient (Wildman–Crippen LogP) is 5.13. The highest BCUT2D eigenvalue weighted by Crippen LogP contribution is 2.36. The fraction of sp³-hybridized carbons (Fsp3) is 0.167. The van der Waals surface area contributed by atoms with Crippen LogP contribution in [0.15, 0.2) is 59.5 Å². The lowest BCUT2D eigenvalue weighted by Gasteiger charge is -2.18. The monoisotopic (exact) mass is 570 g/mol. The molecule has 9 nitrogen and oxygen atoms in total. The molecule has 196 valence electrons. The minimum absolute atomic E-state index is 0.0997. The molecule has 0 spiro atoms. The smallest absolute Gasteiger partial charge is 0.342 e. The minimum Gasteiger partial charge on any atom is -0.493 e. The molecule has 0 heterocycles. The van der Waals surface area contributed by atoms with Gasteiger partial charge in [-0.15, -0.1) is 0 Å². The summed E-state index contributed by atoms with van der Waals surface area (Å²) in [6, 6.07) is 11.8. The summed E-state index contributed by atoms with van der Waals surface area (Å²) in [5.74, 6) is -2.87. The molecule has 1 amide bonds. The summed E-state index contributed by atoms with van der Waals surface area (Å²) in [7, 11) is -1.92. The summed E-state index contributed by atoms with van der Waals surface area (Å²) in [6.07, 6.45) is -1.34. The Kier molecular flexibility index (Phi) is 8.85. The van der Waals surface area contributed by atoms with Crippen LogP contribution in [0.5, 0.6) is 11.5 Å². The molecule has 3 aromatic rings. The van der Waals surface area contributed by atoms with Gasteiger partial charge in [0.05, 0.1) is 40.5 Å². The summed E-state index contributed by atoms with van der Waals surface area (Å²) in [6.45, 7) is 1.30. The van der Waals surface area contributed by atoms with Gasteiger partial charge in [0.15, 0.2) is 17.6 Å². The number of benzene rings is 3. The maximum absolute atomic E-state index is 14.0. The number of para-hydroxylation sites is 1. The Morgan fingerprint density at radius 3 is 2.30 bits per heavy atom. The molecule has 0 saturated heterocycles. The minimum atomic E-state index is -4.38. The first kappa shape index (κ1) is 28.0. The van der Waals surface area contributed by atoms with E-state index in [0.717, 1.165) is 18.2 Å². The van der Waals surface area contributed by atoms with Crippen LogP contribution in [0, 0.1) is 5.82 Å². The first-order valence-electron chi connectivity index (χ1n) is 10.5. The van der Waals surface area contributed by atoms with Crippen molar-refractivity contribution >= 4 is 56.5 Å². The van der Waals surface area contributed by atoms with Crippen molar-refractivity contribution in [2.24, 2.45) is 0 Å². The zero-order valence-electron chi connectivity index (χ0n) is 19.7. The highest BCUT2D eigenvalue weighted by atomic mass is 35.5. The molecule has 0 aliphatic carbocycles. The fourth-order valence-electron chi connectivity index (χ4n) is 3.11. The second-order valence-corrected chi connectivity index (χ2v) is 9.90. The van der Waals surface area contributed by atoms with E-state index in [1.165, 1.54) is 51.5 Å². The number of carbonyl (C=O) groups excluding carboxylic acids is 2. The first-order valence-corrected chi connectivity index (χ1v) is 12.7. The Hall–Kier alpha value is -3.54. The van der Waals surface area contributed by atoms with Crippen LogP contribution in [-0.2, 0) is 19.6 Å². The van der Waals surface area contributed by atoms with E-state index in [-0.39, 0.29) is 38.5 Å². The zero-order chi connectivity index (χ0) is 27.3. The summed E-state index contributed by atoms with van der Waals surface area (Å²) < 4.78 is 57.8. The Morgan fingerprint density at radius 1 is 0.973 bits per heavy atom. The van der Waals surface area contributed by atoms with Crippen molar-refractivity contribution in [2.45, 2.75) is 17.9 Å². The molecular weight excluding hydrogens is 550 g/mol. The molecule has 0 saturated carbocycles. The van der Waals surface area contributed by atoms with E-state index in [0.29, 0.717) is 0 Å².